The molecule has 1 saturated carbocycles. The molecule has 0 amide bonds. The second kappa shape index (κ2) is 13.3. The Morgan fingerprint density at radius 2 is 1.29 bits per heavy atom. The predicted molar refractivity (Wildman–Crippen MR) is 125 cm³/mol. The average Bonchev–Trinajstić information content (AvgIpc) is 2.94. The molecule has 1 nitrogen and oxygen atoms in total. The number of fused-ring (bicyclic) bond motifs is 1. The zero-order valence-corrected chi connectivity index (χ0v) is 21.3. The van der Waals surface area contributed by atoms with Crippen molar-refractivity contribution < 1.29 is 19.5 Å². The summed E-state index contributed by atoms with van der Waals surface area (Å²) in [7, 11) is 4.50. The molecule has 28 heavy (non-hydrogen) atoms. The molecule has 0 spiro atoms. The normalized spacial score (nSPS) is 29.1. The van der Waals surface area contributed by atoms with Crippen LogP contribution in [-0.4, -0.2) is 36.4 Å². The molecule has 0 aromatic carbocycles. The largest absolute Gasteiger partial charge is 0.335 e. The Hall–Kier alpha value is -0.0266. The van der Waals surface area contributed by atoms with Gasteiger partial charge in [0.15, 0.2) is 0 Å². The van der Waals surface area contributed by atoms with E-state index in [1.807, 2.05) is 5.66 Å². The van der Waals surface area contributed by atoms with E-state index in [0.29, 0.717) is 12.0 Å². The first-order chi connectivity index (χ1) is 12.9. The number of allylic oxidation sites excluding steroid dienone is 8. The third-order valence-electron chi connectivity index (χ3n) is 5.79. The second-order valence-corrected chi connectivity index (χ2v) is 12.2. The van der Waals surface area contributed by atoms with Gasteiger partial charge in [0.1, 0.15) is 0 Å². The van der Waals surface area contributed by atoms with Crippen LogP contribution in [0, 0.1) is 17.5 Å². The first-order valence-corrected chi connectivity index (χ1v) is 12.4. The Balaban J connectivity index is 0.000000367. The van der Waals surface area contributed by atoms with Crippen LogP contribution in [0.2, 0.25) is 0 Å². The first kappa shape index (κ1) is 26.0. The van der Waals surface area contributed by atoms with Gasteiger partial charge in [-0.05, 0) is 45.7 Å². The van der Waals surface area contributed by atoms with Gasteiger partial charge in [-0.15, -0.1) is 18.0 Å². The van der Waals surface area contributed by atoms with E-state index in [1.54, 1.807) is 0 Å². The summed E-state index contributed by atoms with van der Waals surface area (Å²) in [6, 6.07) is 0.679. The molecular weight excluding hydrogens is 448 g/mol. The van der Waals surface area contributed by atoms with E-state index in [1.165, 1.54) is 32.1 Å². The van der Waals surface area contributed by atoms with Crippen molar-refractivity contribution in [2.24, 2.45) is 11.8 Å². The van der Waals surface area contributed by atoms with Crippen LogP contribution < -0.4 is 0 Å². The molecule has 3 aliphatic carbocycles. The molecule has 0 aliphatic heterocycles. The van der Waals surface area contributed by atoms with Gasteiger partial charge in [-0.2, -0.15) is 0 Å². The third kappa shape index (κ3) is 7.34. The minimum Gasteiger partial charge on any atom is -0.335 e. The second-order valence-electron chi connectivity index (χ2n) is 8.79. The van der Waals surface area contributed by atoms with E-state index in [0.717, 1.165) is 17.2 Å². The average molecular weight is 489 g/mol. The fraction of sp³-hybridized carbons (Fsp3) is 0.640. The van der Waals surface area contributed by atoms with E-state index in [2.05, 4.69) is 95.3 Å². The maximum atomic E-state index is 2.46. The third-order valence-corrected chi connectivity index (χ3v) is 9.21. The molecule has 1 fully saturated rings. The van der Waals surface area contributed by atoms with Crippen LogP contribution in [0.1, 0.15) is 59.8 Å². The summed E-state index contributed by atoms with van der Waals surface area (Å²) in [6.45, 7) is 9.67. The van der Waals surface area contributed by atoms with E-state index in [9.17, 15) is 0 Å². The van der Waals surface area contributed by atoms with Crippen molar-refractivity contribution >= 4 is 7.92 Å². The van der Waals surface area contributed by atoms with Crippen molar-refractivity contribution in [1.82, 2.24) is 4.90 Å². The van der Waals surface area contributed by atoms with E-state index < -0.39 is 0 Å². The van der Waals surface area contributed by atoms with Gasteiger partial charge in [0.2, 0.25) is 0 Å². The molecule has 3 unspecified atom stereocenters. The Labute approximate surface area is 189 Å². The van der Waals surface area contributed by atoms with Crippen LogP contribution in [0.5, 0.6) is 0 Å². The van der Waals surface area contributed by atoms with E-state index >= 15 is 0 Å². The molecule has 0 heterocycles. The van der Waals surface area contributed by atoms with Crippen molar-refractivity contribution in [3.05, 3.63) is 54.3 Å². The quantitative estimate of drug-likeness (QED) is 0.175. The summed E-state index contributed by atoms with van der Waals surface area (Å²) in [5, 5.41) is 0. The summed E-state index contributed by atoms with van der Waals surface area (Å²) in [5.74, 6) is 1.45. The van der Waals surface area contributed by atoms with Crippen molar-refractivity contribution in [1.29, 1.82) is 0 Å². The fourth-order valence-corrected chi connectivity index (χ4v) is 8.35. The molecule has 0 bridgehead atoms. The molecule has 0 saturated heterocycles. The Morgan fingerprint density at radius 3 is 1.71 bits per heavy atom. The Kier molecular flexibility index (Phi) is 12.4. The maximum Gasteiger partial charge on any atom is 0 e. The van der Waals surface area contributed by atoms with Crippen LogP contribution in [0.15, 0.2) is 48.6 Å². The molecule has 1 radical (unpaired) electrons. The molecule has 0 aromatic heterocycles. The predicted octanol–water partition coefficient (Wildman–Crippen LogP) is 7.18. The smallest absolute Gasteiger partial charge is 0 e. The van der Waals surface area contributed by atoms with E-state index in [-0.39, 0.29) is 27.4 Å². The van der Waals surface area contributed by atoms with Crippen LogP contribution >= 0.6 is 7.92 Å². The minimum absolute atomic E-state index is 0. The minimum atomic E-state index is -0.00527. The van der Waals surface area contributed by atoms with Crippen molar-refractivity contribution in [2.45, 2.75) is 77.2 Å². The summed E-state index contributed by atoms with van der Waals surface area (Å²) in [4.78, 5) is 2.45. The molecule has 3 atom stereocenters. The Bertz CT molecular complexity index is 513. The van der Waals surface area contributed by atoms with Crippen LogP contribution in [-0.2, 0) is 19.5 Å². The van der Waals surface area contributed by atoms with Crippen LogP contribution in [0.25, 0.3) is 0 Å². The number of nitrogens with zero attached hydrogens (tertiary/aromatic N) is 1. The van der Waals surface area contributed by atoms with Gasteiger partial charge in [-0.3, -0.25) is 13.6 Å². The van der Waals surface area contributed by atoms with E-state index in [4.69, 9.17) is 0 Å². The molecular formula is C25H41NPRh-. The van der Waals surface area contributed by atoms with Gasteiger partial charge >= 0.3 is 0 Å². The van der Waals surface area contributed by atoms with Crippen LogP contribution in [0.3, 0.4) is 0 Å². The number of hydrogen-bond acceptors (Lipinski definition) is 1. The first-order valence-electron chi connectivity index (χ1n) is 10.9. The molecule has 3 rings (SSSR count). The molecule has 3 heteroatoms. The monoisotopic (exact) mass is 489 g/mol. The topological polar surface area (TPSA) is 3.24 Å². The zero-order valence-electron chi connectivity index (χ0n) is 18.8. The summed E-state index contributed by atoms with van der Waals surface area (Å²) in [6.07, 6.45) is 24.7. The van der Waals surface area contributed by atoms with Crippen molar-refractivity contribution in [2.75, 3.05) is 14.1 Å². The summed E-state index contributed by atoms with van der Waals surface area (Å²) < 4.78 is 0. The zero-order chi connectivity index (χ0) is 19.8. The standard InChI is InChI=1S/C17H29NP.C8H12.Rh/c1-12(2)19(13(3)4)17-15-10-8-7-9-14(15)11-16(17)18(5)6;1-2-4-6-8-7-5-3-1;/h7-10,12-16H,11H2,1-6H3;1-2,7-8H,3-6H2;/q-1;;/b;2-1-,8-7-;. The molecule has 0 aromatic rings. The molecule has 3 aliphatic rings. The van der Waals surface area contributed by atoms with Gasteiger partial charge in [0.05, 0.1) is 0 Å². The van der Waals surface area contributed by atoms with Crippen molar-refractivity contribution in [3.63, 3.8) is 0 Å². The Morgan fingerprint density at radius 1 is 0.821 bits per heavy atom. The SMILES string of the molecule is C1=C\CC/C=C\CC/1.CC(C)P([C-]1C2C=CC=CC2CC1N(C)C)C(C)C.[Rh]. The number of hydrogen-bond donors (Lipinski definition) is 0. The summed E-state index contributed by atoms with van der Waals surface area (Å²) >= 11 is 0. The van der Waals surface area contributed by atoms with Gasteiger partial charge in [0.25, 0.3) is 0 Å². The number of rotatable bonds is 4. The summed E-state index contributed by atoms with van der Waals surface area (Å²) in [5.41, 5.74) is 3.45. The molecule has 0 N–H and O–H groups in total. The maximum absolute atomic E-state index is 2.46. The van der Waals surface area contributed by atoms with Gasteiger partial charge < -0.3 is 4.90 Å². The van der Waals surface area contributed by atoms with Gasteiger partial charge in [-0.1, -0.05) is 88.0 Å². The fourth-order valence-electron chi connectivity index (χ4n) is 4.67. The van der Waals surface area contributed by atoms with Gasteiger partial charge in [-0.25, -0.2) is 0 Å². The molecule has 161 valence electrons. The van der Waals surface area contributed by atoms with Crippen molar-refractivity contribution in [3.8, 4) is 0 Å². The van der Waals surface area contributed by atoms with Gasteiger partial charge in [0, 0.05) is 19.5 Å². The van der Waals surface area contributed by atoms with Crippen LogP contribution in [0.4, 0.5) is 0 Å².